The first kappa shape index (κ1) is 11.2. The standard InChI is InChI=1S/C8H8BrNO3S/c9-5-1-6(14-4-5)3-10-7(11)2-8(12)13/h1,4H,2-3H2,(H,10,11)(H,12,13). The molecule has 1 heterocycles. The Balaban J connectivity index is 2.34. The summed E-state index contributed by atoms with van der Waals surface area (Å²) < 4.78 is 0.963. The van der Waals surface area contributed by atoms with Crippen LogP contribution < -0.4 is 5.32 Å². The quantitative estimate of drug-likeness (QED) is 0.822. The van der Waals surface area contributed by atoms with Crippen molar-refractivity contribution in [3.63, 3.8) is 0 Å². The zero-order chi connectivity index (χ0) is 10.6. The first-order valence-electron chi connectivity index (χ1n) is 3.79. The Bertz CT molecular complexity index is 350. The number of aliphatic carboxylic acids is 1. The van der Waals surface area contributed by atoms with E-state index in [1.54, 1.807) is 0 Å². The Morgan fingerprint density at radius 3 is 2.79 bits per heavy atom. The van der Waals surface area contributed by atoms with Crippen molar-refractivity contribution in [1.82, 2.24) is 5.32 Å². The van der Waals surface area contributed by atoms with Gasteiger partial charge >= 0.3 is 5.97 Å². The van der Waals surface area contributed by atoms with Crippen LogP contribution in [0.4, 0.5) is 0 Å². The molecule has 0 unspecified atom stereocenters. The maximum atomic E-state index is 10.9. The second kappa shape index (κ2) is 5.11. The minimum atomic E-state index is -1.12. The third-order valence-electron chi connectivity index (χ3n) is 1.39. The summed E-state index contributed by atoms with van der Waals surface area (Å²) in [6.07, 6.45) is -0.480. The van der Waals surface area contributed by atoms with E-state index in [-0.39, 0.29) is 0 Å². The van der Waals surface area contributed by atoms with Crippen LogP contribution in [0.2, 0.25) is 0 Å². The van der Waals surface area contributed by atoms with Crippen LogP contribution in [0.3, 0.4) is 0 Å². The first-order chi connectivity index (χ1) is 6.58. The molecule has 0 atom stereocenters. The predicted molar refractivity (Wildman–Crippen MR) is 56.1 cm³/mol. The van der Waals surface area contributed by atoms with Crippen LogP contribution in [-0.2, 0) is 16.1 Å². The van der Waals surface area contributed by atoms with Gasteiger partial charge in [0.25, 0.3) is 0 Å². The third kappa shape index (κ3) is 3.89. The number of carboxylic acid groups (broad SMARTS) is 1. The number of thiophene rings is 1. The van der Waals surface area contributed by atoms with Crippen molar-refractivity contribution < 1.29 is 14.7 Å². The minimum absolute atomic E-state index is 0.377. The molecule has 76 valence electrons. The molecule has 0 bridgehead atoms. The minimum Gasteiger partial charge on any atom is -0.481 e. The molecule has 2 N–H and O–H groups in total. The van der Waals surface area contributed by atoms with Crippen molar-refractivity contribution in [1.29, 1.82) is 0 Å². The fourth-order valence-electron chi connectivity index (χ4n) is 0.832. The van der Waals surface area contributed by atoms with Gasteiger partial charge < -0.3 is 10.4 Å². The van der Waals surface area contributed by atoms with Crippen LogP contribution in [0.25, 0.3) is 0 Å². The van der Waals surface area contributed by atoms with Gasteiger partial charge in [-0.1, -0.05) is 0 Å². The van der Waals surface area contributed by atoms with Crippen molar-refractivity contribution in [3.05, 3.63) is 20.8 Å². The molecule has 0 fully saturated rings. The fourth-order valence-corrected chi connectivity index (χ4v) is 2.22. The van der Waals surface area contributed by atoms with Crippen molar-refractivity contribution in [3.8, 4) is 0 Å². The highest BCUT2D eigenvalue weighted by atomic mass is 79.9. The van der Waals surface area contributed by atoms with Gasteiger partial charge in [0.1, 0.15) is 6.42 Å². The highest BCUT2D eigenvalue weighted by molar-refractivity contribution is 9.10. The van der Waals surface area contributed by atoms with Gasteiger partial charge in [-0.05, 0) is 22.0 Å². The molecule has 0 aliphatic rings. The van der Waals surface area contributed by atoms with Gasteiger partial charge in [-0.15, -0.1) is 11.3 Å². The van der Waals surface area contributed by atoms with E-state index in [9.17, 15) is 9.59 Å². The molecule has 0 saturated heterocycles. The van der Waals surface area contributed by atoms with Crippen LogP contribution in [-0.4, -0.2) is 17.0 Å². The molecule has 0 aromatic carbocycles. The maximum absolute atomic E-state index is 10.9. The Morgan fingerprint density at radius 1 is 1.57 bits per heavy atom. The average Bonchev–Trinajstić information content (AvgIpc) is 2.47. The van der Waals surface area contributed by atoms with Crippen LogP contribution in [0.5, 0.6) is 0 Å². The molecule has 0 aliphatic heterocycles. The summed E-state index contributed by atoms with van der Waals surface area (Å²) in [6, 6.07) is 1.88. The molecule has 1 amide bonds. The summed E-state index contributed by atoms with van der Waals surface area (Å²) in [6.45, 7) is 0.377. The monoisotopic (exact) mass is 277 g/mol. The second-order valence-corrected chi connectivity index (χ2v) is 4.49. The predicted octanol–water partition coefficient (Wildman–Crippen LogP) is 1.60. The fraction of sp³-hybridized carbons (Fsp3) is 0.250. The van der Waals surface area contributed by atoms with Gasteiger partial charge in [-0.3, -0.25) is 9.59 Å². The topological polar surface area (TPSA) is 66.4 Å². The van der Waals surface area contributed by atoms with Crippen molar-refractivity contribution in [2.75, 3.05) is 0 Å². The highest BCUT2D eigenvalue weighted by Gasteiger charge is 2.07. The van der Waals surface area contributed by atoms with Gasteiger partial charge in [-0.25, -0.2) is 0 Å². The summed E-state index contributed by atoms with van der Waals surface area (Å²) in [5.41, 5.74) is 0. The van der Waals surface area contributed by atoms with Gasteiger partial charge in [0.05, 0.1) is 6.54 Å². The number of carbonyl (C=O) groups excluding carboxylic acids is 1. The number of nitrogens with one attached hydrogen (secondary N) is 1. The average molecular weight is 278 g/mol. The summed E-state index contributed by atoms with van der Waals surface area (Å²) in [7, 11) is 0. The SMILES string of the molecule is O=C(O)CC(=O)NCc1cc(Br)cs1. The molecule has 1 aromatic rings. The lowest BCUT2D eigenvalue weighted by Gasteiger charge is -1.99. The maximum Gasteiger partial charge on any atom is 0.312 e. The van der Waals surface area contributed by atoms with E-state index in [0.29, 0.717) is 6.54 Å². The molecule has 1 aromatic heterocycles. The highest BCUT2D eigenvalue weighted by Crippen LogP contribution is 2.19. The molecule has 14 heavy (non-hydrogen) atoms. The Kier molecular flexibility index (Phi) is 4.09. The summed E-state index contributed by atoms with van der Waals surface area (Å²) >= 11 is 4.78. The number of hydrogen-bond acceptors (Lipinski definition) is 3. The molecular weight excluding hydrogens is 270 g/mol. The normalized spacial score (nSPS) is 9.79. The number of carboxylic acids is 1. The van der Waals surface area contributed by atoms with Crippen LogP contribution in [0.1, 0.15) is 11.3 Å². The van der Waals surface area contributed by atoms with E-state index in [0.717, 1.165) is 9.35 Å². The first-order valence-corrected chi connectivity index (χ1v) is 5.46. The molecule has 6 heteroatoms. The molecule has 0 radical (unpaired) electrons. The lowest BCUT2D eigenvalue weighted by atomic mass is 10.4. The van der Waals surface area contributed by atoms with Gasteiger partial charge in [0.15, 0.2) is 0 Å². The zero-order valence-electron chi connectivity index (χ0n) is 7.12. The Morgan fingerprint density at radius 2 is 2.29 bits per heavy atom. The number of halogens is 1. The summed E-state index contributed by atoms with van der Waals surface area (Å²) in [4.78, 5) is 22.1. The van der Waals surface area contributed by atoms with E-state index in [2.05, 4.69) is 21.2 Å². The Labute approximate surface area is 93.1 Å². The van der Waals surface area contributed by atoms with E-state index in [1.807, 2.05) is 11.4 Å². The van der Waals surface area contributed by atoms with Gasteiger partial charge in [-0.2, -0.15) is 0 Å². The smallest absolute Gasteiger partial charge is 0.312 e. The molecular formula is C8H8BrNO3S. The number of carbonyl (C=O) groups is 2. The largest absolute Gasteiger partial charge is 0.481 e. The number of hydrogen-bond donors (Lipinski definition) is 2. The second-order valence-electron chi connectivity index (χ2n) is 2.58. The van der Waals surface area contributed by atoms with E-state index >= 15 is 0 Å². The van der Waals surface area contributed by atoms with Crippen LogP contribution >= 0.6 is 27.3 Å². The lowest BCUT2D eigenvalue weighted by molar-refractivity contribution is -0.140. The summed E-state index contributed by atoms with van der Waals surface area (Å²) in [5, 5.41) is 12.7. The zero-order valence-corrected chi connectivity index (χ0v) is 9.52. The van der Waals surface area contributed by atoms with Crippen molar-refractivity contribution >= 4 is 39.1 Å². The summed E-state index contributed by atoms with van der Waals surface area (Å²) in [5.74, 6) is -1.59. The number of rotatable bonds is 4. The molecule has 0 saturated carbocycles. The molecule has 1 rings (SSSR count). The van der Waals surface area contributed by atoms with Crippen molar-refractivity contribution in [2.45, 2.75) is 13.0 Å². The lowest BCUT2D eigenvalue weighted by Crippen LogP contribution is -2.24. The van der Waals surface area contributed by atoms with Crippen LogP contribution in [0, 0.1) is 0 Å². The molecule has 0 spiro atoms. The van der Waals surface area contributed by atoms with Gasteiger partial charge in [0, 0.05) is 14.7 Å². The van der Waals surface area contributed by atoms with Gasteiger partial charge in [0.2, 0.25) is 5.91 Å². The molecule has 0 aliphatic carbocycles. The van der Waals surface area contributed by atoms with E-state index in [1.165, 1.54) is 11.3 Å². The number of amides is 1. The van der Waals surface area contributed by atoms with Crippen molar-refractivity contribution in [2.24, 2.45) is 0 Å². The van der Waals surface area contributed by atoms with Crippen LogP contribution in [0.15, 0.2) is 15.9 Å². The molecule has 4 nitrogen and oxygen atoms in total. The Hall–Kier alpha value is -0.880. The van der Waals surface area contributed by atoms with E-state index in [4.69, 9.17) is 5.11 Å². The third-order valence-corrected chi connectivity index (χ3v) is 3.09. The van der Waals surface area contributed by atoms with E-state index < -0.39 is 18.3 Å².